The van der Waals surface area contributed by atoms with Crippen LogP contribution in [-0.2, 0) is 17.6 Å². The van der Waals surface area contributed by atoms with E-state index in [1.54, 1.807) is 0 Å². The van der Waals surface area contributed by atoms with Gasteiger partial charge in [-0.05, 0) is 49.3 Å². The van der Waals surface area contributed by atoms with Crippen molar-refractivity contribution in [2.24, 2.45) is 5.92 Å². The van der Waals surface area contributed by atoms with E-state index in [0.717, 1.165) is 13.0 Å². The summed E-state index contributed by atoms with van der Waals surface area (Å²) < 4.78 is 0. The van der Waals surface area contributed by atoms with Gasteiger partial charge < -0.3 is 10.4 Å². The summed E-state index contributed by atoms with van der Waals surface area (Å²) >= 11 is 0. The number of aryl methyl sites for hydroxylation is 1. The van der Waals surface area contributed by atoms with Crippen molar-refractivity contribution in [1.29, 1.82) is 0 Å². The van der Waals surface area contributed by atoms with Gasteiger partial charge in [0.05, 0.1) is 0 Å². The zero-order valence-corrected chi connectivity index (χ0v) is 10.5. The molecule has 0 spiro atoms. The summed E-state index contributed by atoms with van der Waals surface area (Å²) in [6.45, 7) is 0.856. The lowest BCUT2D eigenvalue weighted by atomic mass is 9.78. The lowest BCUT2D eigenvalue weighted by Gasteiger charge is -2.35. The van der Waals surface area contributed by atoms with Crippen LogP contribution in [0.25, 0.3) is 0 Å². The van der Waals surface area contributed by atoms with Crippen molar-refractivity contribution in [3.8, 4) is 0 Å². The Labute approximate surface area is 107 Å². The third-order valence-electron chi connectivity index (χ3n) is 4.27. The fourth-order valence-corrected chi connectivity index (χ4v) is 2.81. The molecule has 1 fully saturated rings. The number of carboxylic acids is 1. The van der Waals surface area contributed by atoms with Crippen LogP contribution < -0.4 is 5.32 Å². The molecular weight excluding hydrogens is 226 g/mol. The summed E-state index contributed by atoms with van der Waals surface area (Å²) in [5.41, 5.74) is 1.76. The SMILES string of the molecule is O=C(O)C1(NCC2CC2)CCc2ccccc2C1. The highest BCUT2D eigenvalue weighted by Gasteiger charge is 2.42. The molecule has 3 rings (SSSR count). The first-order valence-corrected chi connectivity index (χ1v) is 6.75. The van der Waals surface area contributed by atoms with E-state index < -0.39 is 11.5 Å². The molecule has 1 aromatic rings. The molecule has 0 heterocycles. The summed E-state index contributed by atoms with van der Waals surface area (Å²) in [5, 5.41) is 12.9. The third kappa shape index (κ3) is 2.15. The quantitative estimate of drug-likeness (QED) is 0.853. The topological polar surface area (TPSA) is 49.3 Å². The van der Waals surface area contributed by atoms with Gasteiger partial charge in [0, 0.05) is 6.42 Å². The molecule has 2 N–H and O–H groups in total. The van der Waals surface area contributed by atoms with Gasteiger partial charge in [0.25, 0.3) is 0 Å². The van der Waals surface area contributed by atoms with Gasteiger partial charge in [0.1, 0.15) is 5.54 Å². The number of carboxylic acid groups (broad SMARTS) is 1. The normalized spacial score (nSPS) is 26.7. The smallest absolute Gasteiger partial charge is 0.324 e. The van der Waals surface area contributed by atoms with E-state index in [0.29, 0.717) is 18.8 Å². The summed E-state index contributed by atoms with van der Waals surface area (Å²) in [7, 11) is 0. The van der Waals surface area contributed by atoms with Crippen molar-refractivity contribution in [2.75, 3.05) is 6.54 Å². The standard InChI is InChI=1S/C15H19NO2/c17-14(18)15(16-10-11-5-6-11)8-7-12-3-1-2-4-13(12)9-15/h1-4,11,16H,5-10H2,(H,17,18). The molecule has 0 radical (unpaired) electrons. The van der Waals surface area contributed by atoms with Crippen molar-refractivity contribution in [3.63, 3.8) is 0 Å². The van der Waals surface area contributed by atoms with Crippen molar-refractivity contribution in [2.45, 2.75) is 37.6 Å². The Morgan fingerprint density at radius 3 is 2.72 bits per heavy atom. The first-order chi connectivity index (χ1) is 8.70. The van der Waals surface area contributed by atoms with Crippen molar-refractivity contribution in [3.05, 3.63) is 35.4 Å². The summed E-state index contributed by atoms with van der Waals surface area (Å²) in [6.07, 6.45) is 4.68. The Kier molecular flexibility index (Phi) is 2.86. The van der Waals surface area contributed by atoms with Gasteiger partial charge in [-0.2, -0.15) is 0 Å². The van der Waals surface area contributed by atoms with Gasteiger partial charge >= 0.3 is 5.97 Å². The second kappa shape index (κ2) is 4.39. The number of hydrogen-bond acceptors (Lipinski definition) is 2. The average Bonchev–Trinajstić information content (AvgIpc) is 3.20. The minimum Gasteiger partial charge on any atom is -0.480 e. The molecule has 2 aliphatic carbocycles. The zero-order chi connectivity index (χ0) is 12.6. The predicted molar refractivity (Wildman–Crippen MR) is 69.6 cm³/mol. The van der Waals surface area contributed by atoms with Crippen LogP contribution in [0.2, 0.25) is 0 Å². The number of fused-ring (bicyclic) bond motifs is 1. The summed E-state index contributed by atoms with van der Waals surface area (Å²) in [6, 6.07) is 8.20. The molecule has 3 nitrogen and oxygen atoms in total. The van der Waals surface area contributed by atoms with Gasteiger partial charge in [-0.3, -0.25) is 4.79 Å². The molecule has 2 aliphatic rings. The van der Waals surface area contributed by atoms with Crippen LogP contribution in [0, 0.1) is 5.92 Å². The molecule has 3 heteroatoms. The summed E-state index contributed by atoms with van der Waals surface area (Å²) in [5.74, 6) is 0.0102. The minimum atomic E-state index is -0.739. The number of rotatable bonds is 4. The number of aliphatic carboxylic acids is 1. The summed E-state index contributed by atoms with van der Waals surface area (Å²) in [4.78, 5) is 11.7. The Balaban J connectivity index is 1.81. The molecular formula is C15H19NO2. The largest absolute Gasteiger partial charge is 0.480 e. The molecule has 0 aromatic heterocycles. The van der Waals surface area contributed by atoms with Crippen LogP contribution in [0.3, 0.4) is 0 Å². The second-order valence-electron chi connectivity index (χ2n) is 5.66. The van der Waals surface area contributed by atoms with Crippen molar-refractivity contribution < 1.29 is 9.90 Å². The Bertz CT molecular complexity index is 467. The maximum Gasteiger partial charge on any atom is 0.324 e. The van der Waals surface area contributed by atoms with Crippen LogP contribution in [0.1, 0.15) is 30.4 Å². The van der Waals surface area contributed by atoms with E-state index in [1.165, 1.54) is 24.0 Å². The van der Waals surface area contributed by atoms with Crippen molar-refractivity contribution >= 4 is 5.97 Å². The number of hydrogen-bond donors (Lipinski definition) is 2. The molecule has 1 saturated carbocycles. The molecule has 0 saturated heterocycles. The minimum absolute atomic E-state index is 0.616. The van der Waals surface area contributed by atoms with E-state index in [9.17, 15) is 9.90 Å². The average molecular weight is 245 g/mol. The fourth-order valence-electron chi connectivity index (χ4n) is 2.81. The predicted octanol–water partition coefficient (Wildman–Crippen LogP) is 2.00. The number of benzene rings is 1. The van der Waals surface area contributed by atoms with Crippen LogP contribution in [0.15, 0.2) is 24.3 Å². The fraction of sp³-hybridized carbons (Fsp3) is 0.533. The van der Waals surface area contributed by atoms with Crippen LogP contribution >= 0.6 is 0 Å². The van der Waals surface area contributed by atoms with Crippen LogP contribution in [-0.4, -0.2) is 23.2 Å². The molecule has 1 aromatic carbocycles. The monoisotopic (exact) mass is 245 g/mol. The molecule has 18 heavy (non-hydrogen) atoms. The second-order valence-corrected chi connectivity index (χ2v) is 5.66. The first-order valence-electron chi connectivity index (χ1n) is 6.75. The van der Waals surface area contributed by atoms with Crippen LogP contribution in [0.4, 0.5) is 0 Å². The van der Waals surface area contributed by atoms with Crippen molar-refractivity contribution in [1.82, 2.24) is 5.32 Å². The van der Waals surface area contributed by atoms with Gasteiger partial charge in [-0.15, -0.1) is 0 Å². The van der Waals surface area contributed by atoms with Crippen LogP contribution in [0.5, 0.6) is 0 Å². The highest BCUT2D eigenvalue weighted by molar-refractivity contribution is 5.80. The molecule has 0 aliphatic heterocycles. The Morgan fingerprint density at radius 2 is 2.06 bits per heavy atom. The molecule has 1 unspecified atom stereocenters. The Morgan fingerprint density at radius 1 is 1.33 bits per heavy atom. The van der Waals surface area contributed by atoms with E-state index in [1.807, 2.05) is 12.1 Å². The maximum atomic E-state index is 11.7. The van der Waals surface area contributed by atoms with E-state index in [-0.39, 0.29) is 0 Å². The lowest BCUT2D eigenvalue weighted by molar-refractivity contribution is -0.145. The number of nitrogens with one attached hydrogen (secondary N) is 1. The zero-order valence-electron chi connectivity index (χ0n) is 10.5. The van der Waals surface area contributed by atoms with Gasteiger partial charge in [0.15, 0.2) is 0 Å². The lowest BCUT2D eigenvalue weighted by Crippen LogP contribution is -2.56. The number of carbonyl (C=O) groups is 1. The van der Waals surface area contributed by atoms with E-state index >= 15 is 0 Å². The highest BCUT2D eigenvalue weighted by atomic mass is 16.4. The molecule has 96 valence electrons. The third-order valence-corrected chi connectivity index (χ3v) is 4.27. The van der Waals surface area contributed by atoms with Gasteiger partial charge in [-0.25, -0.2) is 0 Å². The maximum absolute atomic E-state index is 11.7. The highest BCUT2D eigenvalue weighted by Crippen LogP contribution is 2.32. The van der Waals surface area contributed by atoms with Gasteiger partial charge in [-0.1, -0.05) is 24.3 Å². The van der Waals surface area contributed by atoms with E-state index in [2.05, 4.69) is 17.4 Å². The first kappa shape index (κ1) is 11.7. The van der Waals surface area contributed by atoms with E-state index in [4.69, 9.17) is 0 Å². The van der Waals surface area contributed by atoms with Gasteiger partial charge in [0.2, 0.25) is 0 Å². The molecule has 0 bridgehead atoms. The molecule has 1 atom stereocenters. The Hall–Kier alpha value is -1.35. The molecule has 0 amide bonds.